The van der Waals surface area contributed by atoms with Crippen LogP contribution in [0.4, 0.5) is 5.69 Å². The summed E-state index contributed by atoms with van der Waals surface area (Å²) in [4.78, 5) is 27.5. The number of nitrogens with one attached hydrogen (secondary N) is 1. The van der Waals surface area contributed by atoms with Gasteiger partial charge in [0, 0.05) is 18.0 Å². The first kappa shape index (κ1) is 15.5. The highest BCUT2D eigenvalue weighted by atomic mass is 16.2. The van der Waals surface area contributed by atoms with Gasteiger partial charge < -0.3 is 5.32 Å². The van der Waals surface area contributed by atoms with Crippen molar-refractivity contribution in [3.05, 3.63) is 53.9 Å². The van der Waals surface area contributed by atoms with Crippen LogP contribution in [-0.2, 0) is 10.2 Å². The van der Waals surface area contributed by atoms with Gasteiger partial charge in [-0.25, -0.2) is 9.97 Å². The van der Waals surface area contributed by atoms with Crippen molar-refractivity contribution >= 4 is 17.9 Å². The second-order valence-corrected chi connectivity index (χ2v) is 6.74. The van der Waals surface area contributed by atoms with E-state index in [4.69, 9.17) is 0 Å². The van der Waals surface area contributed by atoms with E-state index >= 15 is 0 Å². The Morgan fingerprint density at radius 3 is 2.60 bits per heavy atom. The van der Waals surface area contributed by atoms with E-state index in [1.807, 2.05) is 45.0 Å². The number of rotatable bonds is 2. The summed E-state index contributed by atoms with van der Waals surface area (Å²) in [5.74, 6) is 1.54. The lowest BCUT2D eigenvalue weighted by Gasteiger charge is -2.24. The predicted molar refractivity (Wildman–Crippen MR) is 97.3 cm³/mol. The number of amides is 1. The molecule has 0 saturated carbocycles. The van der Waals surface area contributed by atoms with Gasteiger partial charge >= 0.3 is 0 Å². The lowest BCUT2D eigenvalue weighted by molar-refractivity contribution is -0.121. The van der Waals surface area contributed by atoms with Crippen molar-refractivity contribution in [3.63, 3.8) is 0 Å². The normalized spacial score (nSPS) is 18.0. The number of benzene rings is 1. The van der Waals surface area contributed by atoms with Gasteiger partial charge in [0.05, 0.1) is 24.0 Å². The lowest BCUT2D eigenvalue weighted by Crippen LogP contribution is -2.40. The molecule has 0 unspecified atom stereocenters. The molecule has 0 spiro atoms. The van der Waals surface area contributed by atoms with Gasteiger partial charge in [0.15, 0.2) is 0 Å². The second-order valence-electron chi connectivity index (χ2n) is 6.74. The van der Waals surface area contributed by atoms with Gasteiger partial charge in [-0.3, -0.25) is 14.7 Å². The van der Waals surface area contributed by atoms with Gasteiger partial charge in [0.1, 0.15) is 11.6 Å². The number of aliphatic imine (C=N–C) groups is 1. The molecule has 2 aliphatic heterocycles. The van der Waals surface area contributed by atoms with Crippen LogP contribution in [0.1, 0.15) is 25.2 Å². The summed E-state index contributed by atoms with van der Waals surface area (Å²) in [6.45, 7) is 6.34. The van der Waals surface area contributed by atoms with Crippen molar-refractivity contribution in [3.8, 4) is 11.1 Å². The number of hydrogen-bond acceptors (Lipinski definition) is 5. The Kier molecular flexibility index (Phi) is 3.42. The van der Waals surface area contributed by atoms with E-state index < -0.39 is 5.41 Å². The molecule has 0 radical (unpaired) electrons. The van der Waals surface area contributed by atoms with Crippen LogP contribution in [0.3, 0.4) is 0 Å². The summed E-state index contributed by atoms with van der Waals surface area (Å²) in [7, 11) is 0. The molecule has 1 aromatic carbocycles. The Bertz CT molecular complexity index is 912. The maximum absolute atomic E-state index is 13.1. The number of carbonyl (C=O) groups excluding carboxylic acids is 1. The Labute approximate surface area is 146 Å². The maximum atomic E-state index is 13.1. The largest absolute Gasteiger partial charge is 0.333 e. The summed E-state index contributed by atoms with van der Waals surface area (Å²) in [6.07, 6.45) is 7.16. The standard InChI is InChI=1S/C19H19N5O/c1-12-21-9-14(10-22-12)13-4-5-15-16(8-13)24(18(25)19(15,2)3)17-6-7-20-11-23-17/h4-6,8-11H,7H2,1-3H3,(H,20,23). The van der Waals surface area contributed by atoms with Crippen molar-refractivity contribution in [1.29, 1.82) is 0 Å². The SMILES string of the molecule is Cc1ncc(-c2ccc3c(c2)N(C2=CCN=CN2)C(=O)C3(C)C)cn1. The van der Waals surface area contributed by atoms with E-state index in [1.165, 1.54) is 0 Å². The molecule has 2 aromatic rings. The zero-order chi connectivity index (χ0) is 17.6. The Morgan fingerprint density at radius 1 is 1.16 bits per heavy atom. The molecule has 0 aliphatic carbocycles. The van der Waals surface area contributed by atoms with Gasteiger partial charge in [0.25, 0.3) is 0 Å². The highest BCUT2D eigenvalue weighted by molar-refractivity contribution is 6.10. The molecule has 1 aromatic heterocycles. The molecular weight excluding hydrogens is 314 g/mol. The number of carbonyl (C=O) groups is 1. The molecule has 126 valence electrons. The summed E-state index contributed by atoms with van der Waals surface area (Å²) in [5.41, 5.74) is 3.24. The molecular formula is C19H19N5O. The maximum Gasteiger partial charge on any atom is 0.242 e. The lowest BCUT2D eigenvalue weighted by atomic mass is 9.85. The van der Waals surface area contributed by atoms with Gasteiger partial charge in [0.2, 0.25) is 5.91 Å². The third-order valence-electron chi connectivity index (χ3n) is 4.70. The second kappa shape index (κ2) is 5.51. The minimum atomic E-state index is -0.575. The average molecular weight is 333 g/mol. The van der Waals surface area contributed by atoms with E-state index in [0.717, 1.165) is 34.0 Å². The fourth-order valence-electron chi connectivity index (χ4n) is 3.23. The van der Waals surface area contributed by atoms with Gasteiger partial charge in [-0.05, 0) is 44.0 Å². The van der Waals surface area contributed by atoms with Crippen molar-refractivity contribution in [2.24, 2.45) is 4.99 Å². The summed E-state index contributed by atoms with van der Waals surface area (Å²) < 4.78 is 0. The van der Waals surface area contributed by atoms with Crippen molar-refractivity contribution in [2.75, 3.05) is 11.4 Å². The van der Waals surface area contributed by atoms with Crippen LogP contribution in [0.15, 0.2) is 47.5 Å². The van der Waals surface area contributed by atoms with E-state index in [1.54, 1.807) is 23.6 Å². The molecule has 0 bridgehead atoms. The number of nitrogens with zero attached hydrogens (tertiary/aromatic N) is 4. The third kappa shape index (κ3) is 2.41. The summed E-state index contributed by atoms with van der Waals surface area (Å²) in [6, 6.07) is 6.08. The Balaban J connectivity index is 1.84. The fourth-order valence-corrected chi connectivity index (χ4v) is 3.23. The first-order valence-corrected chi connectivity index (χ1v) is 8.21. The number of hydrogen-bond donors (Lipinski definition) is 1. The number of anilines is 1. The summed E-state index contributed by atoms with van der Waals surface area (Å²) >= 11 is 0. The molecule has 0 saturated heterocycles. The molecule has 1 N–H and O–H groups in total. The van der Waals surface area contributed by atoms with Crippen molar-refractivity contribution in [1.82, 2.24) is 15.3 Å². The van der Waals surface area contributed by atoms with E-state index in [-0.39, 0.29) is 5.91 Å². The van der Waals surface area contributed by atoms with Gasteiger partial charge in [-0.1, -0.05) is 12.1 Å². The zero-order valence-corrected chi connectivity index (χ0v) is 14.4. The molecule has 2 aliphatic rings. The van der Waals surface area contributed by atoms with Crippen LogP contribution in [0.25, 0.3) is 11.1 Å². The van der Waals surface area contributed by atoms with Crippen LogP contribution in [-0.4, -0.2) is 28.8 Å². The highest BCUT2D eigenvalue weighted by Gasteiger charge is 2.45. The number of aryl methyl sites for hydroxylation is 1. The van der Waals surface area contributed by atoms with Crippen LogP contribution in [0.2, 0.25) is 0 Å². The van der Waals surface area contributed by atoms with Gasteiger partial charge in [-0.15, -0.1) is 0 Å². The van der Waals surface area contributed by atoms with Crippen LogP contribution in [0, 0.1) is 6.92 Å². The molecule has 3 heterocycles. The number of aromatic nitrogens is 2. The molecule has 6 nitrogen and oxygen atoms in total. The van der Waals surface area contributed by atoms with Crippen molar-refractivity contribution < 1.29 is 4.79 Å². The Hall–Kier alpha value is -3.02. The smallest absolute Gasteiger partial charge is 0.242 e. The molecule has 4 rings (SSSR count). The first-order chi connectivity index (χ1) is 12.0. The summed E-state index contributed by atoms with van der Waals surface area (Å²) in [5, 5.41) is 3.09. The molecule has 0 fully saturated rings. The predicted octanol–water partition coefficient (Wildman–Crippen LogP) is 2.55. The van der Waals surface area contributed by atoms with E-state index in [9.17, 15) is 4.79 Å². The average Bonchev–Trinajstić information content (AvgIpc) is 2.82. The van der Waals surface area contributed by atoms with E-state index in [2.05, 4.69) is 20.3 Å². The topological polar surface area (TPSA) is 70.5 Å². The zero-order valence-electron chi connectivity index (χ0n) is 14.4. The van der Waals surface area contributed by atoms with Gasteiger partial charge in [-0.2, -0.15) is 0 Å². The Morgan fingerprint density at radius 2 is 1.92 bits per heavy atom. The quantitative estimate of drug-likeness (QED) is 0.917. The monoisotopic (exact) mass is 333 g/mol. The third-order valence-corrected chi connectivity index (χ3v) is 4.70. The van der Waals surface area contributed by atoms with Crippen LogP contribution >= 0.6 is 0 Å². The molecule has 0 atom stereocenters. The van der Waals surface area contributed by atoms with Crippen molar-refractivity contribution in [2.45, 2.75) is 26.2 Å². The van der Waals surface area contributed by atoms with E-state index in [0.29, 0.717) is 6.54 Å². The minimum absolute atomic E-state index is 0.0499. The fraction of sp³-hybridized carbons (Fsp3) is 0.263. The number of fused-ring (bicyclic) bond motifs is 1. The molecule has 6 heteroatoms. The van der Waals surface area contributed by atoms with Crippen LogP contribution < -0.4 is 10.2 Å². The molecule has 1 amide bonds. The highest BCUT2D eigenvalue weighted by Crippen LogP contribution is 2.44. The first-order valence-electron chi connectivity index (χ1n) is 8.21. The minimum Gasteiger partial charge on any atom is -0.333 e. The molecule has 25 heavy (non-hydrogen) atoms. The van der Waals surface area contributed by atoms with Crippen LogP contribution in [0.5, 0.6) is 0 Å².